The zero-order valence-electron chi connectivity index (χ0n) is 6.94. The summed E-state index contributed by atoms with van der Waals surface area (Å²) in [5.74, 6) is 0.898. The minimum Gasteiger partial charge on any atom is -0.333 e. The maximum absolute atomic E-state index is 5.53. The zero-order valence-corrected chi connectivity index (χ0v) is 7.76. The predicted octanol–water partition coefficient (Wildman–Crippen LogP) is 1.17. The quantitative estimate of drug-likeness (QED) is 0.772. The van der Waals surface area contributed by atoms with E-state index in [9.17, 15) is 0 Å². The summed E-state index contributed by atoms with van der Waals surface area (Å²) in [6.07, 6.45) is 6.48. The monoisotopic (exact) mass is 187 g/mol. The molecule has 0 radical (unpaired) electrons. The molecule has 0 saturated heterocycles. The molecule has 1 saturated carbocycles. The minimum atomic E-state index is 0. The average molecular weight is 188 g/mol. The van der Waals surface area contributed by atoms with Gasteiger partial charge in [-0.15, -0.1) is 12.4 Å². The number of nitrogens with two attached hydrogens (primary N) is 1. The molecule has 0 amide bonds. The van der Waals surface area contributed by atoms with Crippen molar-refractivity contribution in [2.75, 3.05) is 0 Å². The van der Waals surface area contributed by atoms with Crippen LogP contribution in [0.2, 0.25) is 0 Å². The summed E-state index contributed by atoms with van der Waals surface area (Å²) in [6.45, 7) is 1.72. The second kappa shape index (κ2) is 3.92. The summed E-state index contributed by atoms with van der Waals surface area (Å²) in [7, 11) is 0. The minimum absolute atomic E-state index is 0. The fraction of sp³-hybridized carbons (Fsp3) is 0.625. The molecule has 0 bridgehead atoms. The van der Waals surface area contributed by atoms with Gasteiger partial charge in [0.25, 0.3) is 0 Å². The van der Waals surface area contributed by atoms with Crippen molar-refractivity contribution >= 4 is 12.4 Å². The number of rotatable bonds is 3. The van der Waals surface area contributed by atoms with Crippen molar-refractivity contribution < 1.29 is 0 Å². The highest BCUT2D eigenvalue weighted by molar-refractivity contribution is 5.85. The Morgan fingerprint density at radius 1 is 1.58 bits per heavy atom. The molecule has 1 aliphatic rings. The van der Waals surface area contributed by atoms with Crippen LogP contribution >= 0.6 is 12.4 Å². The summed E-state index contributed by atoms with van der Waals surface area (Å²) in [4.78, 5) is 4.06. The normalized spacial score (nSPS) is 15.8. The third kappa shape index (κ3) is 1.99. The van der Waals surface area contributed by atoms with Crippen LogP contribution in [0, 0.1) is 5.92 Å². The van der Waals surface area contributed by atoms with Crippen LogP contribution in [-0.4, -0.2) is 9.55 Å². The fourth-order valence-electron chi connectivity index (χ4n) is 1.26. The van der Waals surface area contributed by atoms with E-state index in [2.05, 4.69) is 9.55 Å². The van der Waals surface area contributed by atoms with E-state index in [0.717, 1.165) is 18.2 Å². The lowest BCUT2D eigenvalue weighted by Crippen LogP contribution is -2.07. The van der Waals surface area contributed by atoms with Crippen LogP contribution < -0.4 is 5.73 Å². The second-order valence-electron chi connectivity index (χ2n) is 3.18. The topological polar surface area (TPSA) is 43.8 Å². The van der Waals surface area contributed by atoms with Gasteiger partial charge in [0.05, 0.1) is 12.0 Å². The highest BCUT2D eigenvalue weighted by atomic mass is 35.5. The van der Waals surface area contributed by atoms with Crippen molar-refractivity contribution in [3.8, 4) is 0 Å². The smallest absolute Gasteiger partial charge is 0.0948 e. The van der Waals surface area contributed by atoms with Crippen molar-refractivity contribution in [1.29, 1.82) is 0 Å². The maximum Gasteiger partial charge on any atom is 0.0948 e. The molecule has 4 heteroatoms. The lowest BCUT2D eigenvalue weighted by molar-refractivity contribution is 0.602. The summed E-state index contributed by atoms with van der Waals surface area (Å²) >= 11 is 0. The SMILES string of the molecule is Cl.NCc1cncn1CC1CC1. The number of aromatic nitrogens is 2. The van der Waals surface area contributed by atoms with Gasteiger partial charge in [0, 0.05) is 19.3 Å². The molecule has 68 valence electrons. The number of hydrogen-bond donors (Lipinski definition) is 1. The van der Waals surface area contributed by atoms with Crippen molar-refractivity contribution in [2.24, 2.45) is 11.7 Å². The number of nitrogens with zero attached hydrogens (tertiary/aromatic N) is 2. The largest absolute Gasteiger partial charge is 0.333 e. The van der Waals surface area contributed by atoms with E-state index in [0.29, 0.717) is 6.54 Å². The van der Waals surface area contributed by atoms with Crippen LogP contribution in [-0.2, 0) is 13.1 Å². The Balaban J connectivity index is 0.000000720. The Labute approximate surface area is 78.4 Å². The Morgan fingerprint density at radius 2 is 2.33 bits per heavy atom. The third-order valence-electron chi connectivity index (χ3n) is 2.16. The van der Waals surface area contributed by atoms with E-state index >= 15 is 0 Å². The zero-order chi connectivity index (χ0) is 7.68. The van der Waals surface area contributed by atoms with Crippen LogP contribution in [0.5, 0.6) is 0 Å². The molecule has 0 aliphatic heterocycles. The molecular formula is C8H14ClN3. The molecule has 0 unspecified atom stereocenters. The summed E-state index contributed by atoms with van der Waals surface area (Å²) < 4.78 is 2.16. The van der Waals surface area contributed by atoms with Crippen molar-refractivity contribution in [2.45, 2.75) is 25.9 Å². The molecule has 2 rings (SSSR count). The van der Waals surface area contributed by atoms with Crippen LogP contribution in [0.1, 0.15) is 18.5 Å². The van der Waals surface area contributed by atoms with E-state index < -0.39 is 0 Å². The Morgan fingerprint density at radius 3 is 2.92 bits per heavy atom. The van der Waals surface area contributed by atoms with Gasteiger partial charge in [-0.05, 0) is 18.8 Å². The molecule has 1 fully saturated rings. The summed E-state index contributed by atoms with van der Waals surface area (Å²) in [6, 6.07) is 0. The van der Waals surface area contributed by atoms with E-state index in [4.69, 9.17) is 5.73 Å². The first-order valence-electron chi connectivity index (χ1n) is 4.09. The molecule has 0 spiro atoms. The second-order valence-corrected chi connectivity index (χ2v) is 3.18. The molecule has 12 heavy (non-hydrogen) atoms. The Kier molecular flexibility index (Phi) is 3.12. The first kappa shape index (κ1) is 9.55. The Hall–Kier alpha value is -0.540. The summed E-state index contributed by atoms with van der Waals surface area (Å²) in [5.41, 5.74) is 6.68. The van der Waals surface area contributed by atoms with E-state index in [1.165, 1.54) is 12.8 Å². The molecule has 1 aromatic rings. The molecule has 1 heterocycles. The van der Waals surface area contributed by atoms with Crippen LogP contribution in [0.3, 0.4) is 0 Å². The number of hydrogen-bond acceptors (Lipinski definition) is 2. The molecule has 1 aromatic heterocycles. The van der Waals surface area contributed by atoms with Crippen molar-refractivity contribution in [1.82, 2.24) is 9.55 Å². The third-order valence-corrected chi connectivity index (χ3v) is 2.16. The van der Waals surface area contributed by atoms with E-state index in [-0.39, 0.29) is 12.4 Å². The van der Waals surface area contributed by atoms with Crippen LogP contribution in [0.25, 0.3) is 0 Å². The summed E-state index contributed by atoms with van der Waals surface area (Å²) in [5, 5.41) is 0. The first-order valence-corrected chi connectivity index (χ1v) is 4.09. The van der Waals surface area contributed by atoms with Gasteiger partial charge in [-0.3, -0.25) is 0 Å². The first-order chi connectivity index (χ1) is 5.40. The standard InChI is InChI=1S/C8H13N3.ClH/c9-3-8-4-10-6-11(8)5-7-1-2-7;/h4,6-7H,1-3,5,9H2;1H. The molecule has 0 aromatic carbocycles. The lowest BCUT2D eigenvalue weighted by atomic mass is 10.4. The van der Waals surface area contributed by atoms with Gasteiger partial charge < -0.3 is 10.3 Å². The van der Waals surface area contributed by atoms with Crippen molar-refractivity contribution in [3.63, 3.8) is 0 Å². The highest BCUT2D eigenvalue weighted by Gasteiger charge is 2.22. The number of imidazole rings is 1. The van der Waals surface area contributed by atoms with E-state index in [1.807, 2.05) is 12.5 Å². The van der Waals surface area contributed by atoms with Crippen LogP contribution in [0.15, 0.2) is 12.5 Å². The molecule has 0 atom stereocenters. The number of halogens is 1. The molecular weight excluding hydrogens is 174 g/mol. The van der Waals surface area contributed by atoms with Crippen LogP contribution in [0.4, 0.5) is 0 Å². The average Bonchev–Trinajstić information content (AvgIpc) is 2.68. The van der Waals surface area contributed by atoms with Gasteiger partial charge in [-0.25, -0.2) is 4.98 Å². The van der Waals surface area contributed by atoms with Gasteiger partial charge in [-0.2, -0.15) is 0 Å². The van der Waals surface area contributed by atoms with Gasteiger partial charge in [0.1, 0.15) is 0 Å². The van der Waals surface area contributed by atoms with Crippen molar-refractivity contribution in [3.05, 3.63) is 18.2 Å². The molecule has 1 aliphatic carbocycles. The van der Waals surface area contributed by atoms with Gasteiger partial charge in [-0.1, -0.05) is 0 Å². The Bertz CT molecular complexity index is 242. The van der Waals surface area contributed by atoms with Gasteiger partial charge in [0.2, 0.25) is 0 Å². The van der Waals surface area contributed by atoms with Gasteiger partial charge in [0.15, 0.2) is 0 Å². The molecule has 3 nitrogen and oxygen atoms in total. The predicted molar refractivity (Wildman–Crippen MR) is 50.1 cm³/mol. The maximum atomic E-state index is 5.53. The lowest BCUT2D eigenvalue weighted by Gasteiger charge is -2.03. The van der Waals surface area contributed by atoms with E-state index in [1.54, 1.807) is 0 Å². The fourth-order valence-corrected chi connectivity index (χ4v) is 1.26. The molecule has 2 N–H and O–H groups in total. The van der Waals surface area contributed by atoms with Gasteiger partial charge >= 0.3 is 0 Å². The highest BCUT2D eigenvalue weighted by Crippen LogP contribution is 2.30.